The topological polar surface area (TPSA) is 72.7 Å². The highest BCUT2D eigenvalue weighted by Crippen LogP contribution is 2.14. The Balaban J connectivity index is 2.19. The number of thiophene rings is 1. The Morgan fingerprint density at radius 3 is 2.71 bits per heavy atom. The summed E-state index contributed by atoms with van der Waals surface area (Å²) in [6, 6.07) is 1.86. The van der Waals surface area contributed by atoms with E-state index >= 15 is 0 Å². The maximum atomic E-state index is 9.60. The minimum Gasteiger partial charge on any atom is -0.394 e. The SMILES string of the molecule is OC[C@@H](O)CNCC(O)c1ccsc1. The molecule has 1 aromatic rings. The lowest BCUT2D eigenvalue weighted by Crippen LogP contribution is -2.32. The van der Waals surface area contributed by atoms with Crippen LogP contribution in [0.3, 0.4) is 0 Å². The monoisotopic (exact) mass is 217 g/mol. The van der Waals surface area contributed by atoms with Gasteiger partial charge in [-0.3, -0.25) is 0 Å². The smallest absolute Gasteiger partial charge is 0.0922 e. The van der Waals surface area contributed by atoms with Gasteiger partial charge in [-0.15, -0.1) is 0 Å². The third-order valence-corrected chi connectivity index (χ3v) is 2.56. The van der Waals surface area contributed by atoms with Crippen LogP contribution in [-0.2, 0) is 0 Å². The summed E-state index contributed by atoms with van der Waals surface area (Å²) in [6.45, 7) is 0.410. The minimum absolute atomic E-state index is 0.262. The first-order chi connectivity index (χ1) is 6.74. The van der Waals surface area contributed by atoms with E-state index in [-0.39, 0.29) is 13.2 Å². The van der Waals surface area contributed by atoms with Crippen molar-refractivity contribution >= 4 is 11.3 Å². The van der Waals surface area contributed by atoms with Crippen molar-refractivity contribution in [3.05, 3.63) is 22.4 Å². The van der Waals surface area contributed by atoms with Crippen LogP contribution in [0.1, 0.15) is 11.7 Å². The number of hydrogen-bond acceptors (Lipinski definition) is 5. The molecule has 0 amide bonds. The van der Waals surface area contributed by atoms with Gasteiger partial charge < -0.3 is 20.6 Å². The summed E-state index contributed by atoms with van der Waals surface area (Å²) in [5.41, 5.74) is 0.876. The molecule has 4 N–H and O–H groups in total. The zero-order valence-corrected chi connectivity index (χ0v) is 8.57. The number of aliphatic hydroxyl groups excluding tert-OH is 3. The van der Waals surface area contributed by atoms with Crippen molar-refractivity contribution in [1.82, 2.24) is 5.32 Å². The van der Waals surface area contributed by atoms with Gasteiger partial charge >= 0.3 is 0 Å². The molecular formula is C9H15NO3S. The zero-order chi connectivity index (χ0) is 10.4. The Bertz CT molecular complexity index is 240. The Morgan fingerprint density at radius 2 is 2.14 bits per heavy atom. The molecule has 1 aromatic heterocycles. The normalized spacial score (nSPS) is 15.4. The molecule has 14 heavy (non-hydrogen) atoms. The van der Waals surface area contributed by atoms with Crippen molar-refractivity contribution in [2.75, 3.05) is 19.7 Å². The molecule has 2 atom stereocenters. The largest absolute Gasteiger partial charge is 0.394 e. The molecule has 0 saturated heterocycles. The van der Waals surface area contributed by atoms with Crippen LogP contribution in [0.25, 0.3) is 0 Å². The maximum Gasteiger partial charge on any atom is 0.0922 e. The Hall–Kier alpha value is -0.460. The van der Waals surface area contributed by atoms with E-state index in [0.717, 1.165) is 5.56 Å². The zero-order valence-electron chi connectivity index (χ0n) is 7.76. The second-order valence-electron chi connectivity index (χ2n) is 3.07. The lowest BCUT2D eigenvalue weighted by Gasteiger charge is -2.12. The average Bonchev–Trinajstić information content (AvgIpc) is 2.70. The highest BCUT2D eigenvalue weighted by molar-refractivity contribution is 7.07. The Kier molecular flexibility index (Phi) is 5.06. The summed E-state index contributed by atoms with van der Waals surface area (Å²) in [5.74, 6) is 0. The number of nitrogens with one attached hydrogen (secondary N) is 1. The molecule has 1 rings (SSSR count). The van der Waals surface area contributed by atoms with Crippen molar-refractivity contribution < 1.29 is 15.3 Å². The minimum atomic E-state index is -0.760. The van der Waals surface area contributed by atoms with Gasteiger partial charge in [0.2, 0.25) is 0 Å². The van der Waals surface area contributed by atoms with Gasteiger partial charge in [0.1, 0.15) is 0 Å². The van der Waals surface area contributed by atoms with Crippen LogP contribution in [0.2, 0.25) is 0 Å². The predicted molar refractivity (Wildman–Crippen MR) is 55.2 cm³/mol. The van der Waals surface area contributed by atoms with Gasteiger partial charge in [-0.1, -0.05) is 0 Å². The van der Waals surface area contributed by atoms with Gasteiger partial charge in [-0.25, -0.2) is 0 Å². The van der Waals surface area contributed by atoms with Crippen LogP contribution in [0.4, 0.5) is 0 Å². The molecule has 0 aliphatic carbocycles. The summed E-state index contributed by atoms with van der Waals surface area (Å²) >= 11 is 1.54. The molecule has 0 aliphatic rings. The molecule has 0 radical (unpaired) electrons. The van der Waals surface area contributed by atoms with Crippen LogP contribution in [0.5, 0.6) is 0 Å². The van der Waals surface area contributed by atoms with Crippen LogP contribution < -0.4 is 5.32 Å². The first-order valence-electron chi connectivity index (χ1n) is 4.44. The molecular weight excluding hydrogens is 202 g/mol. The molecule has 1 unspecified atom stereocenters. The lowest BCUT2D eigenvalue weighted by atomic mass is 10.2. The fourth-order valence-corrected chi connectivity index (χ4v) is 1.74. The van der Waals surface area contributed by atoms with Crippen molar-refractivity contribution in [3.8, 4) is 0 Å². The quantitative estimate of drug-likeness (QED) is 0.529. The first kappa shape index (κ1) is 11.6. The molecule has 0 fully saturated rings. The van der Waals surface area contributed by atoms with E-state index < -0.39 is 12.2 Å². The summed E-state index contributed by atoms with van der Waals surface area (Å²) in [5, 5.41) is 33.8. The molecule has 0 aliphatic heterocycles. The van der Waals surface area contributed by atoms with Crippen LogP contribution in [-0.4, -0.2) is 41.1 Å². The van der Waals surface area contributed by atoms with Crippen LogP contribution in [0, 0.1) is 0 Å². The van der Waals surface area contributed by atoms with E-state index in [0.29, 0.717) is 6.54 Å². The lowest BCUT2D eigenvalue weighted by molar-refractivity contribution is 0.0891. The molecule has 0 aromatic carbocycles. The van der Waals surface area contributed by atoms with E-state index in [1.54, 1.807) is 0 Å². The van der Waals surface area contributed by atoms with E-state index in [9.17, 15) is 5.11 Å². The van der Waals surface area contributed by atoms with E-state index in [2.05, 4.69) is 5.32 Å². The molecule has 4 nitrogen and oxygen atoms in total. The molecule has 80 valence electrons. The Morgan fingerprint density at radius 1 is 1.36 bits per heavy atom. The summed E-state index contributed by atoms with van der Waals surface area (Å²) < 4.78 is 0. The summed E-state index contributed by atoms with van der Waals surface area (Å²) in [4.78, 5) is 0. The molecule has 1 heterocycles. The van der Waals surface area contributed by atoms with E-state index in [1.807, 2.05) is 16.8 Å². The molecule has 5 heteroatoms. The molecule has 0 spiro atoms. The van der Waals surface area contributed by atoms with E-state index in [4.69, 9.17) is 10.2 Å². The number of aliphatic hydroxyl groups is 3. The van der Waals surface area contributed by atoms with Gasteiger partial charge in [0.15, 0.2) is 0 Å². The van der Waals surface area contributed by atoms with Gasteiger partial charge in [-0.05, 0) is 22.4 Å². The fraction of sp³-hybridized carbons (Fsp3) is 0.556. The van der Waals surface area contributed by atoms with Gasteiger partial charge in [-0.2, -0.15) is 11.3 Å². The molecule has 0 saturated carbocycles. The maximum absolute atomic E-state index is 9.60. The van der Waals surface area contributed by atoms with Crippen molar-refractivity contribution in [1.29, 1.82) is 0 Å². The summed E-state index contributed by atoms with van der Waals surface area (Å²) in [7, 11) is 0. The molecule has 0 bridgehead atoms. The van der Waals surface area contributed by atoms with Crippen LogP contribution >= 0.6 is 11.3 Å². The third kappa shape index (κ3) is 3.73. The second-order valence-corrected chi connectivity index (χ2v) is 3.85. The van der Waals surface area contributed by atoms with Crippen molar-refractivity contribution in [2.45, 2.75) is 12.2 Å². The number of rotatable bonds is 6. The van der Waals surface area contributed by atoms with Crippen molar-refractivity contribution in [2.24, 2.45) is 0 Å². The standard InChI is InChI=1S/C9H15NO3S/c11-5-8(12)3-10-4-9(13)7-1-2-14-6-7/h1-2,6,8-13H,3-5H2/t8-,9?/m0/s1. The van der Waals surface area contributed by atoms with Gasteiger partial charge in [0, 0.05) is 13.1 Å². The predicted octanol–water partition coefficient (Wildman–Crippen LogP) is -0.276. The average molecular weight is 217 g/mol. The highest BCUT2D eigenvalue weighted by atomic mass is 32.1. The number of hydrogen-bond donors (Lipinski definition) is 4. The van der Waals surface area contributed by atoms with Crippen molar-refractivity contribution in [3.63, 3.8) is 0 Å². The first-order valence-corrected chi connectivity index (χ1v) is 5.38. The third-order valence-electron chi connectivity index (χ3n) is 1.86. The van der Waals surface area contributed by atoms with Gasteiger partial charge in [0.05, 0.1) is 18.8 Å². The van der Waals surface area contributed by atoms with E-state index in [1.165, 1.54) is 11.3 Å². The Labute approximate surface area is 86.8 Å². The highest BCUT2D eigenvalue weighted by Gasteiger charge is 2.08. The van der Waals surface area contributed by atoms with Crippen LogP contribution in [0.15, 0.2) is 16.8 Å². The fourth-order valence-electron chi connectivity index (χ4n) is 1.03. The second kappa shape index (κ2) is 6.10. The van der Waals surface area contributed by atoms with Gasteiger partial charge in [0.25, 0.3) is 0 Å². The summed E-state index contributed by atoms with van der Waals surface area (Å²) in [6.07, 6.45) is -1.31.